The predicted octanol–water partition coefficient (Wildman–Crippen LogP) is 0.0744. The summed E-state index contributed by atoms with van der Waals surface area (Å²) < 4.78 is 14.7. The molecule has 1 aromatic carbocycles. The molecule has 2 aromatic heterocycles. The van der Waals surface area contributed by atoms with Gasteiger partial charge >= 0.3 is 29.6 Å². The molecular formula is C20H14FN2NaO2S. The summed E-state index contributed by atoms with van der Waals surface area (Å²) in [7, 11) is 0. The Labute approximate surface area is 182 Å². The molecule has 2 atom stereocenters. The van der Waals surface area contributed by atoms with Crippen molar-refractivity contribution in [2.24, 2.45) is 0 Å². The minimum absolute atomic E-state index is 0. The van der Waals surface area contributed by atoms with Gasteiger partial charge in [0.25, 0.3) is 0 Å². The number of carboxylic acids is 1. The molecule has 0 fully saturated rings. The van der Waals surface area contributed by atoms with Crippen molar-refractivity contribution in [1.29, 1.82) is 0 Å². The molecule has 4 nitrogen and oxygen atoms in total. The SMILES string of the molecule is O=C([O-])C1(Sc2cn(-c3cccnc3)c3ccccc23)C=CC=CC1F.[Na+]. The van der Waals surface area contributed by atoms with Crippen LogP contribution in [0.4, 0.5) is 4.39 Å². The molecule has 0 aliphatic heterocycles. The summed E-state index contributed by atoms with van der Waals surface area (Å²) >= 11 is 0.957. The molecule has 4 rings (SSSR count). The molecule has 0 amide bonds. The Morgan fingerprint density at radius 2 is 2.04 bits per heavy atom. The number of para-hydroxylation sites is 1. The third kappa shape index (κ3) is 3.50. The van der Waals surface area contributed by atoms with Crippen molar-refractivity contribution in [2.75, 3.05) is 0 Å². The Balaban J connectivity index is 0.00000210. The maximum absolute atomic E-state index is 14.6. The number of fused-ring (bicyclic) bond motifs is 1. The second-order valence-electron chi connectivity index (χ2n) is 5.92. The molecule has 2 unspecified atom stereocenters. The van der Waals surface area contributed by atoms with Crippen LogP contribution in [0.5, 0.6) is 0 Å². The molecule has 0 saturated heterocycles. The van der Waals surface area contributed by atoms with Gasteiger partial charge in [0.05, 0.1) is 23.4 Å². The second-order valence-corrected chi connectivity index (χ2v) is 7.24. The number of nitrogens with zero attached hydrogens (tertiary/aromatic N) is 2. The maximum atomic E-state index is 14.6. The van der Waals surface area contributed by atoms with Crippen molar-refractivity contribution in [1.82, 2.24) is 9.55 Å². The predicted molar refractivity (Wildman–Crippen MR) is 97.8 cm³/mol. The first-order valence-corrected chi connectivity index (χ1v) is 8.84. The van der Waals surface area contributed by atoms with Crippen LogP contribution in [-0.4, -0.2) is 26.4 Å². The van der Waals surface area contributed by atoms with Gasteiger partial charge in [-0.3, -0.25) is 4.98 Å². The van der Waals surface area contributed by atoms with Crippen molar-refractivity contribution in [3.63, 3.8) is 0 Å². The molecule has 7 heteroatoms. The number of halogens is 1. The molecule has 0 spiro atoms. The van der Waals surface area contributed by atoms with Crippen LogP contribution in [0.2, 0.25) is 0 Å². The summed E-state index contributed by atoms with van der Waals surface area (Å²) in [5.41, 5.74) is 1.73. The van der Waals surface area contributed by atoms with E-state index in [4.69, 9.17) is 0 Å². The molecule has 2 heterocycles. The summed E-state index contributed by atoms with van der Waals surface area (Å²) in [6.45, 7) is 0. The average molecular weight is 388 g/mol. The number of carboxylic acid groups (broad SMARTS) is 1. The maximum Gasteiger partial charge on any atom is 1.00 e. The van der Waals surface area contributed by atoms with Crippen LogP contribution in [0.3, 0.4) is 0 Å². The number of hydrogen-bond acceptors (Lipinski definition) is 4. The normalized spacial score (nSPS) is 21.1. The molecule has 0 radical (unpaired) electrons. The van der Waals surface area contributed by atoms with E-state index in [1.54, 1.807) is 18.5 Å². The fraction of sp³-hybridized carbons (Fsp3) is 0.100. The topological polar surface area (TPSA) is 57.9 Å². The quantitative estimate of drug-likeness (QED) is 0.594. The molecule has 1 aliphatic rings. The van der Waals surface area contributed by atoms with E-state index in [2.05, 4.69) is 4.98 Å². The first-order valence-electron chi connectivity index (χ1n) is 8.03. The van der Waals surface area contributed by atoms with Crippen LogP contribution < -0.4 is 34.7 Å². The molecule has 27 heavy (non-hydrogen) atoms. The summed E-state index contributed by atoms with van der Waals surface area (Å²) in [5, 5.41) is 12.7. The fourth-order valence-electron chi connectivity index (χ4n) is 3.03. The number of pyridine rings is 1. The van der Waals surface area contributed by atoms with Gasteiger partial charge in [0.2, 0.25) is 0 Å². The Bertz CT molecular complexity index is 1030. The minimum Gasteiger partial charge on any atom is -0.548 e. The van der Waals surface area contributed by atoms with E-state index in [1.165, 1.54) is 18.2 Å². The van der Waals surface area contributed by atoms with Gasteiger partial charge in [0.15, 0.2) is 0 Å². The van der Waals surface area contributed by atoms with Crippen molar-refractivity contribution < 1.29 is 43.8 Å². The van der Waals surface area contributed by atoms with Gasteiger partial charge in [-0.05, 0) is 24.3 Å². The van der Waals surface area contributed by atoms with Crippen molar-refractivity contribution in [2.45, 2.75) is 15.8 Å². The molecule has 3 aromatic rings. The molecular weight excluding hydrogens is 374 g/mol. The summed E-state index contributed by atoms with van der Waals surface area (Å²) in [6.07, 6.45) is 9.18. The molecule has 0 saturated carbocycles. The average Bonchev–Trinajstić information content (AvgIpc) is 3.03. The van der Waals surface area contributed by atoms with Gasteiger partial charge in [-0.1, -0.05) is 36.4 Å². The third-order valence-corrected chi connectivity index (χ3v) is 5.75. The van der Waals surface area contributed by atoms with Gasteiger partial charge in [0.1, 0.15) is 10.9 Å². The number of alkyl halides is 1. The summed E-state index contributed by atoms with van der Waals surface area (Å²) in [5.74, 6) is -1.45. The van der Waals surface area contributed by atoms with E-state index in [0.717, 1.165) is 28.4 Å². The monoisotopic (exact) mass is 388 g/mol. The van der Waals surface area contributed by atoms with Crippen LogP contribution in [0.25, 0.3) is 16.6 Å². The number of benzene rings is 1. The smallest absolute Gasteiger partial charge is 0.548 e. The van der Waals surface area contributed by atoms with Crippen molar-refractivity contribution >= 4 is 28.6 Å². The standard InChI is InChI=1S/C20H15FN2O2S.Na/c21-18-9-3-4-10-20(18,19(24)25)26-17-13-23(14-6-5-11-22-12-14)16-8-2-1-7-15(16)17;/h1-13,18H,(H,24,25);/q;+1/p-1. The van der Waals surface area contributed by atoms with E-state index < -0.39 is 16.9 Å². The summed E-state index contributed by atoms with van der Waals surface area (Å²) in [4.78, 5) is 16.6. The Morgan fingerprint density at radius 3 is 2.74 bits per heavy atom. The summed E-state index contributed by atoms with van der Waals surface area (Å²) in [6, 6.07) is 11.3. The van der Waals surface area contributed by atoms with Gasteiger partial charge in [-0.25, -0.2) is 4.39 Å². The fourth-order valence-corrected chi connectivity index (χ4v) is 4.25. The largest absolute Gasteiger partial charge is 1.00 e. The van der Waals surface area contributed by atoms with Gasteiger partial charge in [-0.15, -0.1) is 11.8 Å². The van der Waals surface area contributed by atoms with E-state index in [1.807, 2.05) is 47.2 Å². The zero-order valence-corrected chi connectivity index (χ0v) is 17.4. The number of aliphatic carboxylic acids is 1. The number of thioether (sulfide) groups is 1. The van der Waals surface area contributed by atoms with Gasteiger partial charge in [0, 0.05) is 22.7 Å². The van der Waals surface area contributed by atoms with E-state index in [9.17, 15) is 14.3 Å². The number of carbonyl (C=O) groups excluding carboxylic acids is 1. The molecule has 0 N–H and O–H groups in total. The number of hydrogen-bond donors (Lipinski definition) is 0. The molecule has 1 aliphatic carbocycles. The van der Waals surface area contributed by atoms with E-state index in [0.29, 0.717) is 4.90 Å². The van der Waals surface area contributed by atoms with E-state index >= 15 is 0 Å². The Morgan fingerprint density at radius 1 is 1.22 bits per heavy atom. The number of aromatic nitrogens is 2. The molecule has 0 bridgehead atoms. The van der Waals surface area contributed by atoms with Gasteiger partial charge < -0.3 is 14.5 Å². The van der Waals surface area contributed by atoms with Crippen LogP contribution in [0.15, 0.2) is 84.2 Å². The zero-order valence-electron chi connectivity index (χ0n) is 14.6. The van der Waals surface area contributed by atoms with Crippen LogP contribution in [0.1, 0.15) is 0 Å². The minimum atomic E-state index is -1.79. The Hall–Kier alpha value is -1.86. The number of allylic oxidation sites excluding steroid dienone is 3. The second kappa shape index (κ2) is 8.02. The van der Waals surface area contributed by atoms with Crippen LogP contribution >= 0.6 is 11.8 Å². The van der Waals surface area contributed by atoms with Crippen molar-refractivity contribution in [3.05, 3.63) is 79.3 Å². The molecule has 130 valence electrons. The number of rotatable bonds is 4. The zero-order chi connectivity index (χ0) is 18.1. The third-order valence-electron chi connectivity index (χ3n) is 4.34. The number of carbonyl (C=O) groups is 1. The van der Waals surface area contributed by atoms with Crippen LogP contribution in [0, 0.1) is 0 Å². The van der Waals surface area contributed by atoms with E-state index in [-0.39, 0.29) is 29.6 Å². The van der Waals surface area contributed by atoms with Crippen molar-refractivity contribution in [3.8, 4) is 5.69 Å². The Kier molecular flexibility index (Phi) is 5.91. The van der Waals surface area contributed by atoms with Crippen LogP contribution in [-0.2, 0) is 4.79 Å². The first kappa shape index (κ1) is 19.9. The first-order chi connectivity index (χ1) is 12.6. The van der Waals surface area contributed by atoms with Gasteiger partial charge in [-0.2, -0.15) is 0 Å².